The van der Waals surface area contributed by atoms with Gasteiger partial charge in [-0.05, 0) is 35.9 Å². The van der Waals surface area contributed by atoms with Gasteiger partial charge in [0, 0.05) is 16.3 Å². The van der Waals surface area contributed by atoms with Gasteiger partial charge in [-0.3, -0.25) is 0 Å². The van der Waals surface area contributed by atoms with Gasteiger partial charge in [0.1, 0.15) is 11.6 Å². The van der Waals surface area contributed by atoms with E-state index in [4.69, 9.17) is 22.1 Å². The Hall–Kier alpha value is -1.39. The van der Waals surface area contributed by atoms with Crippen LogP contribution < -0.4 is 10.5 Å². The number of nitrogens with two attached hydrogens (primary N) is 1. The van der Waals surface area contributed by atoms with E-state index in [9.17, 15) is 4.39 Å². The summed E-state index contributed by atoms with van der Waals surface area (Å²) in [6, 6.07) is 10.3. The number of ether oxygens (including phenoxy) is 1. The summed E-state index contributed by atoms with van der Waals surface area (Å²) in [7, 11) is 1.61. The average Bonchev–Trinajstić information content (AvgIpc) is 2.41. The SMILES string of the molecule is COc1ccc(N)c(SCc2ccc(Cl)c(F)c2)c1. The molecule has 0 amide bonds. The first kappa shape index (κ1) is 14.0. The lowest BCUT2D eigenvalue weighted by molar-refractivity contribution is 0.414. The molecule has 2 aromatic rings. The minimum absolute atomic E-state index is 0.134. The fourth-order valence-electron chi connectivity index (χ4n) is 1.56. The Morgan fingerprint density at radius 2 is 2.05 bits per heavy atom. The van der Waals surface area contributed by atoms with E-state index in [0.29, 0.717) is 11.4 Å². The molecular formula is C14H13ClFNOS. The maximum absolute atomic E-state index is 13.3. The molecule has 19 heavy (non-hydrogen) atoms. The summed E-state index contributed by atoms with van der Waals surface area (Å²) >= 11 is 7.17. The molecule has 0 saturated carbocycles. The Balaban J connectivity index is 2.11. The first-order chi connectivity index (χ1) is 9.10. The molecule has 2 aromatic carbocycles. The van der Waals surface area contributed by atoms with Crippen LogP contribution in [0.3, 0.4) is 0 Å². The Morgan fingerprint density at radius 3 is 2.74 bits per heavy atom. The average molecular weight is 298 g/mol. The summed E-state index contributed by atoms with van der Waals surface area (Å²) in [4.78, 5) is 0.912. The predicted octanol–water partition coefficient (Wildman–Crippen LogP) is 4.36. The van der Waals surface area contributed by atoms with Crippen molar-refractivity contribution in [1.29, 1.82) is 0 Å². The number of hydrogen-bond acceptors (Lipinski definition) is 3. The van der Waals surface area contributed by atoms with Crippen LogP contribution >= 0.6 is 23.4 Å². The molecule has 2 N–H and O–H groups in total. The third-order valence-corrected chi connectivity index (χ3v) is 4.05. The number of benzene rings is 2. The van der Waals surface area contributed by atoms with Crippen LogP contribution in [0, 0.1) is 5.82 Å². The lowest BCUT2D eigenvalue weighted by Gasteiger charge is -2.08. The van der Waals surface area contributed by atoms with E-state index in [1.54, 1.807) is 31.4 Å². The highest BCUT2D eigenvalue weighted by Gasteiger charge is 2.05. The third-order valence-electron chi connectivity index (χ3n) is 2.60. The van der Waals surface area contributed by atoms with Crippen molar-refractivity contribution in [2.75, 3.05) is 12.8 Å². The van der Waals surface area contributed by atoms with Gasteiger partial charge in [-0.1, -0.05) is 17.7 Å². The highest BCUT2D eigenvalue weighted by molar-refractivity contribution is 7.98. The summed E-state index contributed by atoms with van der Waals surface area (Å²) in [6.07, 6.45) is 0. The zero-order valence-corrected chi connectivity index (χ0v) is 11.9. The number of methoxy groups -OCH3 is 1. The molecular weight excluding hydrogens is 285 g/mol. The summed E-state index contributed by atoms with van der Waals surface area (Å²) in [5.41, 5.74) is 7.43. The summed E-state index contributed by atoms with van der Waals surface area (Å²) < 4.78 is 18.5. The smallest absolute Gasteiger partial charge is 0.142 e. The van der Waals surface area contributed by atoms with Gasteiger partial charge in [0.15, 0.2) is 0 Å². The van der Waals surface area contributed by atoms with Crippen LogP contribution in [-0.4, -0.2) is 7.11 Å². The molecule has 100 valence electrons. The number of hydrogen-bond donors (Lipinski definition) is 1. The van der Waals surface area contributed by atoms with Crippen molar-refractivity contribution in [2.24, 2.45) is 0 Å². The van der Waals surface area contributed by atoms with Crippen LogP contribution in [0.4, 0.5) is 10.1 Å². The van der Waals surface area contributed by atoms with Crippen LogP contribution in [0.1, 0.15) is 5.56 Å². The van der Waals surface area contributed by atoms with Gasteiger partial charge < -0.3 is 10.5 Å². The van der Waals surface area contributed by atoms with Crippen molar-refractivity contribution in [1.82, 2.24) is 0 Å². The van der Waals surface area contributed by atoms with Gasteiger partial charge in [0.05, 0.1) is 12.1 Å². The van der Waals surface area contributed by atoms with Crippen LogP contribution in [0.5, 0.6) is 5.75 Å². The zero-order chi connectivity index (χ0) is 13.8. The molecule has 0 radical (unpaired) electrons. The third kappa shape index (κ3) is 3.55. The van der Waals surface area contributed by atoms with Crippen molar-refractivity contribution in [3.05, 3.63) is 52.8 Å². The number of rotatable bonds is 4. The Morgan fingerprint density at radius 1 is 1.26 bits per heavy atom. The first-order valence-electron chi connectivity index (χ1n) is 5.60. The molecule has 0 aliphatic heterocycles. The van der Waals surface area contributed by atoms with Crippen molar-refractivity contribution in [2.45, 2.75) is 10.6 Å². The van der Waals surface area contributed by atoms with E-state index < -0.39 is 5.82 Å². The fraction of sp³-hybridized carbons (Fsp3) is 0.143. The summed E-state index contributed by atoms with van der Waals surface area (Å²) in [5, 5.41) is 0.134. The molecule has 0 saturated heterocycles. The Kier molecular flexibility index (Phi) is 4.56. The molecule has 0 bridgehead atoms. The first-order valence-corrected chi connectivity index (χ1v) is 6.96. The van der Waals surface area contributed by atoms with Gasteiger partial charge in [0.25, 0.3) is 0 Å². The molecule has 0 aliphatic rings. The van der Waals surface area contributed by atoms with Crippen molar-refractivity contribution in [3.63, 3.8) is 0 Å². The molecule has 2 nitrogen and oxygen atoms in total. The lowest BCUT2D eigenvalue weighted by Crippen LogP contribution is -1.91. The highest BCUT2D eigenvalue weighted by atomic mass is 35.5. The van der Waals surface area contributed by atoms with Crippen molar-refractivity contribution < 1.29 is 9.13 Å². The number of halogens is 2. The number of nitrogen functional groups attached to an aromatic ring is 1. The molecule has 0 fully saturated rings. The van der Waals surface area contributed by atoms with E-state index in [0.717, 1.165) is 16.2 Å². The van der Waals surface area contributed by atoms with Gasteiger partial charge in [-0.15, -0.1) is 11.8 Å². The molecule has 0 atom stereocenters. The molecule has 0 aliphatic carbocycles. The largest absolute Gasteiger partial charge is 0.497 e. The lowest BCUT2D eigenvalue weighted by atomic mass is 10.2. The van der Waals surface area contributed by atoms with Gasteiger partial charge in [0.2, 0.25) is 0 Å². The summed E-state index contributed by atoms with van der Waals surface area (Å²) in [5.74, 6) is 0.961. The molecule has 0 heterocycles. The van der Waals surface area contributed by atoms with Crippen molar-refractivity contribution in [3.8, 4) is 5.75 Å². The maximum atomic E-state index is 13.3. The normalized spacial score (nSPS) is 10.5. The van der Waals surface area contributed by atoms with Crippen LogP contribution in [0.15, 0.2) is 41.3 Å². The second-order valence-corrected chi connectivity index (χ2v) is 5.37. The van der Waals surface area contributed by atoms with Gasteiger partial charge in [-0.2, -0.15) is 0 Å². The second-order valence-electron chi connectivity index (χ2n) is 3.94. The second kappa shape index (κ2) is 6.17. The van der Waals surface area contributed by atoms with E-state index in [-0.39, 0.29) is 5.02 Å². The minimum atomic E-state index is -0.404. The van der Waals surface area contributed by atoms with Gasteiger partial charge >= 0.3 is 0 Å². The van der Waals surface area contributed by atoms with E-state index in [2.05, 4.69) is 0 Å². The molecule has 0 aromatic heterocycles. The van der Waals surface area contributed by atoms with Crippen LogP contribution in [0.2, 0.25) is 5.02 Å². The van der Waals surface area contributed by atoms with Crippen molar-refractivity contribution >= 4 is 29.1 Å². The Labute approximate surface area is 120 Å². The van der Waals surface area contributed by atoms with E-state index >= 15 is 0 Å². The Bertz CT molecular complexity index is 592. The maximum Gasteiger partial charge on any atom is 0.142 e. The standard InChI is InChI=1S/C14H13ClFNOS/c1-18-10-3-5-13(17)14(7-10)19-8-9-2-4-11(15)12(16)6-9/h2-7H,8,17H2,1H3. The molecule has 0 unspecified atom stereocenters. The number of thioether (sulfide) groups is 1. The molecule has 2 rings (SSSR count). The molecule has 5 heteroatoms. The zero-order valence-electron chi connectivity index (χ0n) is 10.3. The minimum Gasteiger partial charge on any atom is -0.497 e. The topological polar surface area (TPSA) is 35.2 Å². The quantitative estimate of drug-likeness (QED) is 0.672. The van der Waals surface area contributed by atoms with E-state index in [1.165, 1.54) is 17.8 Å². The van der Waals surface area contributed by atoms with Gasteiger partial charge in [-0.25, -0.2) is 4.39 Å². The monoisotopic (exact) mass is 297 g/mol. The number of anilines is 1. The van der Waals surface area contributed by atoms with Crippen LogP contribution in [0.25, 0.3) is 0 Å². The van der Waals surface area contributed by atoms with E-state index in [1.807, 2.05) is 6.07 Å². The predicted molar refractivity (Wildman–Crippen MR) is 78.4 cm³/mol. The van der Waals surface area contributed by atoms with Crippen LogP contribution in [-0.2, 0) is 5.75 Å². The molecule has 0 spiro atoms. The fourth-order valence-corrected chi connectivity index (χ4v) is 2.61. The summed E-state index contributed by atoms with van der Waals surface area (Å²) in [6.45, 7) is 0. The highest BCUT2D eigenvalue weighted by Crippen LogP contribution is 2.31.